The van der Waals surface area contributed by atoms with Gasteiger partial charge in [0.25, 0.3) is 0 Å². The van der Waals surface area contributed by atoms with Gasteiger partial charge in [0, 0.05) is 17.4 Å². The average molecular weight is 280 g/mol. The molecule has 1 heterocycles. The van der Waals surface area contributed by atoms with Crippen molar-refractivity contribution >= 4 is 5.97 Å². The van der Waals surface area contributed by atoms with Gasteiger partial charge in [-0.05, 0) is 38.7 Å². The first-order valence-corrected chi connectivity index (χ1v) is 7.14. The van der Waals surface area contributed by atoms with Gasteiger partial charge in [-0.15, -0.1) is 0 Å². The number of hydrogen-bond donors (Lipinski definition) is 1. The molecule has 5 nitrogen and oxygen atoms in total. The van der Waals surface area contributed by atoms with E-state index in [-0.39, 0.29) is 11.7 Å². The molecular formula is C15H24N2O3. The van der Waals surface area contributed by atoms with E-state index >= 15 is 0 Å². The lowest BCUT2D eigenvalue weighted by Crippen LogP contribution is -2.31. The summed E-state index contributed by atoms with van der Waals surface area (Å²) >= 11 is 0. The Labute approximate surface area is 119 Å². The number of rotatable bonds is 6. The van der Waals surface area contributed by atoms with Gasteiger partial charge in [-0.2, -0.15) is 4.98 Å². The molecule has 1 unspecified atom stereocenters. The Hall–Kier alpha value is -1.65. The summed E-state index contributed by atoms with van der Waals surface area (Å²) in [6.07, 6.45) is 2.12. The van der Waals surface area contributed by atoms with Crippen LogP contribution in [-0.2, 0) is 11.2 Å². The van der Waals surface area contributed by atoms with Gasteiger partial charge >= 0.3 is 11.7 Å². The van der Waals surface area contributed by atoms with Gasteiger partial charge in [0.2, 0.25) is 0 Å². The maximum absolute atomic E-state index is 12.1. The van der Waals surface area contributed by atoms with Crippen molar-refractivity contribution in [2.45, 2.75) is 59.9 Å². The molecule has 1 atom stereocenters. The summed E-state index contributed by atoms with van der Waals surface area (Å²) in [5.74, 6) is -1.31. The summed E-state index contributed by atoms with van der Waals surface area (Å²) in [6.45, 7) is 9.42. The molecule has 0 aromatic carbocycles. The first kappa shape index (κ1) is 16.4. The number of nitrogens with zero attached hydrogens (tertiary/aromatic N) is 2. The van der Waals surface area contributed by atoms with Crippen molar-refractivity contribution in [2.24, 2.45) is 5.92 Å². The van der Waals surface area contributed by atoms with Crippen LogP contribution < -0.4 is 5.69 Å². The highest BCUT2D eigenvalue weighted by Gasteiger charge is 2.20. The van der Waals surface area contributed by atoms with Crippen LogP contribution in [0.15, 0.2) is 4.79 Å². The molecule has 0 aliphatic carbocycles. The smallest absolute Gasteiger partial charge is 0.348 e. The molecule has 0 amide bonds. The molecule has 112 valence electrons. The molecule has 0 aliphatic heterocycles. The Kier molecular flexibility index (Phi) is 5.48. The minimum Gasteiger partial charge on any atom is -0.481 e. The molecule has 1 rings (SSSR count). The zero-order valence-electron chi connectivity index (χ0n) is 12.9. The molecule has 0 fully saturated rings. The molecule has 1 aromatic rings. The number of aromatic nitrogens is 2. The van der Waals surface area contributed by atoms with Crippen LogP contribution in [0.4, 0.5) is 0 Å². The van der Waals surface area contributed by atoms with Gasteiger partial charge in [0.1, 0.15) is 0 Å². The number of aryl methyl sites for hydroxylation is 1. The molecule has 0 saturated heterocycles. The molecule has 0 bridgehead atoms. The maximum atomic E-state index is 12.1. The topological polar surface area (TPSA) is 72.2 Å². The van der Waals surface area contributed by atoms with Gasteiger partial charge in [0.15, 0.2) is 0 Å². The number of aliphatic carboxylic acids is 1. The Morgan fingerprint density at radius 1 is 1.30 bits per heavy atom. The number of carbonyl (C=O) groups is 1. The van der Waals surface area contributed by atoms with Crippen molar-refractivity contribution in [1.82, 2.24) is 9.55 Å². The van der Waals surface area contributed by atoms with Crippen LogP contribution in [0.25, 0.3) is 0 Å². The molecular weight excluding hydrogens is 256 g/mol. The summed E-state index contributed by atoms with van der Waals surface area (Å²) in [5, 5.41) is 9.06. The zero-order chi connectivity index (χ0) is 15.4. The van der Waals surface area contributed by atoms with Gasteiger partial charge in [0.05, 0.1) is 5.92 Å². The van der Waals surface area contributed by atoms with Gasteiger partial charge < -0.3 is 5.11 Å². The maximum Gasteiger partial charge on any atom is 0.348 e. The summed E-state index contributed by atoms with van der Waals surface area (Å²) in [5.41, 5.74) is 2.14. The van der Waals surface area contributed by atoms with E-state index in [2.05, 4.69) is 4.98 Å². The first-order valence-electron chi connectivity index (χ1n) is 7.14. The number of carboxylic acids is 1. The number of hydrogen-bond acceptors (Lipinski definition) is 3. The van der Waals surface area contributed by atoms with E-state index in [0.29, 0.717) is 12.1 Å². The lowest BCUT2D eigenvalue weighted by Gasteiger charge is -2.22. The fourth-order valence-electron chi connectivity index (χ4n) is 2.59. The van der Waals surface area contributed by atoms with Crippen molar-refractivity contribution in [1.29, 1.82) is 0 Å². The predicted molar refractivity (Wildman–Crippen MR) is 78.1 cm³/mol. The second kappa shape index (κ2) is 6.68. The third-order valence-corrected chi connectivity index (χ3v) is 3.94. The van der Waals surface area contributed by atoms with E-state index in [4.69, 9.17) is 5.11 Å². The van der Waals surface area contributed by atoms with E-state index < -0.39 is 11.9 Å². The van der Waals surface area contributed by atoms with Crippen LogP contribution in [0.3, 0.4) is 0 Å². The Morgan fingerprint density at radius 2 is 1.85 bits per heavy atom. The Bertz CT molecular complexity index is 545. The van der Waals surface area contributed by atoms with Crippen LogP contribution in [0.1, 0.15) is 56.6 Å². The van der Waals surface area contributed by atoms with Crippen LogP contribution >= 0.6 is 0 Å². The van der Waals surface area contributed by atoms with Crippen LogP contribution in [0, 0.1) is 19.8 Å². The Morgan fingerprint density at radius 3 is 2.30 bits per heavy atom. The van der Waals surface area contributed by atoms with Crippen LogP contribution in [-0.4, -0.2) is 20.6 Å². The number of carboxylic acid groups (broad SMARTS) is 1. The zero-order valence-corrected chi connectivity index (χ0v) is 12.9. The third kappa shape index (κ3) is 3.26. The van der Waals surface area contributed by atoms with E-state index in [1.165, 1.54) is 0 Å². The van der Waals surface area contributed by atoms with Gasteiger partial charge in [-0.25, -0.2) is 4.79 Å². The average Bonchev–Trinajstić information content (AvgIpc) is 2.38. The highest BCUT2D eigenvalue weighted by atomic mass is 16.4. The normalized spacial score (nSPS) is 12.7. The lowest BCUT2D eigenvalue weighted by atomic mass is 9.98. The van der Waals surface area contributed by atoms with Crippen molar-refractivity contribution < 1.29 is 9.90 Å². The quantitative estimate of drug-likeness (QED) is 0.869. The second-order valence-corrected chi connectivity index (χ2v) is 5.33. The molecule has 5 heteroatoms. The lowest BCUT2D eigenvalue weighted by molar-refractivity contribution is -0.141. The summed E-state index contributed by atoms with van der Waals surface area (Å²) < 4.78 is 1.72. The van der Waals surface area contributed by atoms with E-state index in [1.54, 1.807) is 18.4 Å². The third-order valence-electron chi connectivity index (χ3n) is 3.94. The molecule has 1 aromatic heterocycles. The van der Waals surface area contributed by atoms with E-state index in [9.17, 15) is 9.59 Å². The highest BCUT2D eigenvalue weighted by Crippen LogP contribution is 2.21. The van der Waals surface area contributed by atoms with Gasteiger partial charge in [-0.3, -0.25) is 9.36 Å². The minimum atomic E-state index is -0.830. The molecule has 0 spiro atoms. The van der Waals surface area contributed by atoms with Crippen molar-refractivity contribution in [3.8, 4) is 0 Å². The molecule has 0 radical (unpaired) electrons. The largest absolute Gasteiger partial charge is 0.481 e. The van der Waals surface area contributed by atoms with E-state index in [1.807, 2.05) is 20.8 Å². The van der Waals surface area contributed by atoms with Crippen LogP contribution in [0.5, 0.6) is 0 Å². The summed E-state index contributed by atoms with van der Waals surface area (Å²) in [4.78, 5) is 27.2. The molecule has 0 aliphatic rings. The fourth-order valence-corrected chi connectivity index (χ4v) is 2.59. The fraction of sp³-hybridized carbons (Fsp3) is 0.667. The molecule has 0 saturated carbocycles. The van der Waals surface area contributed by atoms with Crippen molar-refractivity contribution in [3.63, 3.8) is 0 Å². The first-order chi connectivity index (χ1) is 9.33. The Balaban J connectivity index is 3.36. The second-order valence-electron chi connectivity index (χ2n) is 5.33. The highest BCUT2D eigenvalue weighted by molar-refractivity contribution is 5.70. The monoisotopic (exact) mass is 280 g/mol. The van der Waals surface area contributed by atoms with E-state index in [0.717, 1.165) is 24.1 Å². The standard InChI is InChI=1S/C15H24N2O3/c1-6-12(7-2)17-11(5)13(8-9(3)14(18)19)10(4)16-15(17)20/h9,12H,6-8H2,1-5H3,(H,18,19). The van der Waals surface area contributed by atoms with Crippen LogP contribution in [0.2, 0.25) is 0 Å². The predicted octanol–water partition coefficient (Wildman–Crippen LogP) is 2.48. The minimum absolute atomic E-state index is 0.120. The van der Waals surface area contributed by atoms with Crippen molar-refractivity contribution in [2.75, 3.05) is 0 Å². The SMILES string of the molecule is CCC(CC)n1c(C)c(CC(C)C(=O)O)c(C)nc1=O. The molecule has 1 N–H and O–H groups in total. The molecule has 20 heavy (non-hydrogen) atoms. The van der Waals surface area contributed by atoms with Crippen molar-refractivity contribution in [3.05, 3.63) is 27.4 Å². The summed E-state index contributed by atoms with van der Waals surface area (Å²) in [6, 6.07) is 0.120. The summed E-state index contributed by atoms with van der Waals surface area (Å²) in [7, 11) is 0. The van der Waals surface area contributed by atoms with Gasteiger partial charge in [-0.1, -0.05) is 20.8 Å².